The van der Waals surface area contributed by atoms with Crippen LogP contribution in [0, 0.1) is 0 Å². The number of rotatable bonds is 8. The molecule has 31 heavy (non-hydrogen) atoms. The molecule has 5 nitrogen and oxygen atoms in total. The molecule has 0 aromatic heterocycles. The smallest absolute Gasteiger partial charge is 0.252 e. The first-order valence-electron chi connectivity index (χ1n) is 9.94. The molecule has 7 heteroatoms. The number of halogens is 2. The molecule has 2 aromatic rings. The lowest BCUT2D eigenvalue weighted by Gasteiger charge is -2.20. The fraction of sp³-hybridized carbons (Fsp3) is 0.250. The van der Waals surface area contributed by atoms with Crippen molar-refractivity contribution in [2.45, 2.75) is 26.3 Å². The highest BCUT2D eigenvalue weighted by molar-refractivity contribution is 6.42. The lowest BCUT2D eigenvalue weighted by molar-refractivity contribution is -0.117. The molecule has 0 fully saturated rings. The van der Waals surface area contributed by atoms with Gasteiger partial charge in [0, 0.05) is 18.7 Å². The summed E-state index contributed by atoms with van der Waals surface area (Å²) in [5, 5.41) is 14.3. The van der Waals surface area contributed by atoms with Crippen LogP contribution in [0.25, 0.3) is 0 Å². The van der Waals surface area contributed by atoms with Crippen molar-refractivity contribution >= 4 is 34.9 Å². The number of nitrogens with one attached hydrogen (secondary N) is 1. The topological polar surface area (TPSA) is 69.6 Å². The van der Waals surface area contributed by atoms with Crippen molar-refractivity contribution in [2.24, 2.45) is 0 Å². The Morgan fingerprint density at radius 3 is 2.42 bits per heavy atom. The minimum absolute atomic E-state index is 0.00885. The van der Waals surface area contributed by atoms with Gasteiger partial charge in [0.25, 0.3) is 5.91 Å². The number of aryl methyl sites for hydroxylation is 1. The summed E-state index contributed by atoms with van der Waals surface area (Å²) in [5.74, 6) is -0.376. The molecule has 3 rings (SSSR count). The maximum atomic E-state index is 12.6. The summed E-state index contributed by atoms with van der Waals surface area (Å²) in [6, 6.07) is 12.8. The van der Waals surface area contributed by atoms with Crippen LogP contribution in [0.1, 0.15) is 34.8 Å². The summed E-state index contributed by atoms with van der Waals surface area (Å²) in [6.45, 7) is 6.65. The summed E-state index contributed by atoms with van der Waals surface area (Å²) in [6.07, 6.45) is 1.47. The second kappa shape index (κ2) is 10.0. The molecule has 0 atom stereocenters. The summed E-state index contributed by atoms with van der Waals surface area (Å²) >= 11 is 11.9. The molecule has 1 aliphatic heterocycles. The van der Waals surface area contributed by atoms with Crippen LogP contribution in [-0.2, 0) is 17.8 Å². The van der Waals surface area contributed by atoms with E-state index in [0.717, 1.165) is 24.0 Å². The Morgan fingerprint density at radius 2 is 1.77 bits per heavy atom. The molecule has 2 N–H and O–H groups in total. The maximum absolute atomic E-state index is 12.6. The van der Waals surface area contributed by atoms with E-state index in [1.807, 2.05) is 29.2 Å². The summed E-state index contributed by atoms with van der Waals surface area (Å²) in [7, 11) is 0. The van der Waals surface area contributed by atoms with Crippen LogP contribution in [0.4, 0.5) is 0 Å². The third-order valence-corrected chi connectivity index (χ3v) is 5.95. The molecule has 0 saturated carbocycles. The van der Waals surface area contributed by atoms with Crippen LogP contribution in [0.2, 0.25) is 10.0 Å². The zero-order valence-electron chi connectivity index (χ0n) is 17.3. The third-order valence-electron chi connectivity index (χ3n) is 5.21. The highest BCUT2D eigenvalue weighted by Crippen LogP contribution is 2.27. The fourth-order valence-corrected chi connectivity index (χ4v) is 3.70. The van der Waals surface area contributed by atoms with Crippen molar-refractivity contribution in [3.05, 3.63) is 92.8 Å². The molecule has 0 radical (unpaired) electrons. The quantitative estimate of drug-likeness (QED) is 0.427. The van der Waals surface area contributed by atoms with Crippen molar-refractivity contribution in [2.75, 3.05) is 13.1 Å². The standard InChI is InChI=1S/C24H24Cl2N2O3/c1-15-23(30)20(14-28(15)13-18-5-8-19(9-6-18)16(2)29)24(31)27-11-3-4-17-7-10-21(25)22(26)12-17/h5-10,12,30H,1,3-4,11,13-14H2,2H3,(H,27,31). The lowest BCUT2D eigenvalue weighted by Crippen LogP contribution is -2.29. The Hall–Kier alpha value is -2.76. The van der Waals surface area contributed by atoms with Crippen LogP contribution >= 0.6 is 23.2 Å². The van der Waals surface area contributed by atoms with E-state index in [4.69, 9.17) is 23.2 Å². The second-order valence-corrected chi connectivity index (χ2v) is 8.31. The van der Waals surface area contributed by atoms with Gasteiger partial charge >= 0.3 is 0 Å². The minimum Gasteiger partial charge on any atom is -0.505 e. The maximum Gasteiger partial charge on any atom is 0.252 e. The van der Waals surface area contributed by atoms with Gasteiger partial charge in [0.15, 0.2) is 5.78 Å². The van der Waals surface area contributed by atoms with Crippen molar-refractivity contribution in [3.63, 3.8) is 0 Å². The summed E-state index contributed by atoms with van der Waals surface area (Å²) < 4.78 is 0. The largest absolute Gasteiger partial charge is 0.505 e. The van der Waals surface area contributed by atoms with E-state index in [1.165, 1.54) is 6.92 Å². The fourth-order valence-electron chi connectivity index (χ4n) is 3.38. The van der Waals surface area contributed by atoms with E-state index in [1.54, 1.807) is 18.2 Å². The van der Waals surface area contributed by atoms with Crippen molar-refractivity contribution in [3.8, 4) is 0 Å². The highest BCUT2D eigenvalue weighted by Gasteiger charge is 2.29. The molecule has 1 heterocycles. The zero-order chi connectivity index (χ0) is 22.5. The molecule has 0 bridgehead atoms. The first-order chi connectivity index (χ1) is 14.8. The molecule has 0 spiro atoms. The number of Topliss-reactive ketones (excluding diaryl/α,β-unsaturated/α-hetero) is 1. The third kappa shape index (κ3) is 5.69. The molecule has 1 amide bonds. The number of hydrogen-bond acceptors (Lipinski definition) is 4. The number of nitrogens with zero attached hydrogens (tertiary/aromatic N) is 1. The number of amides is 1. The molecule has 0 saturated heterocycles. The summed E-state index contributed by atoms with van der Waals surface area (Å²) in [5.41, 5.74) is 3.37. The predicted molar refractivity (Wildman–Crippen MR) is 123 cm³/mol. The van der Waals surface area contributed by atoms with E-state index >= 15 is 0 Å². The van der Waals surface area contributed by atoms with Crippen LogP contribution in [0.3, 0.4) is 0 Å². The number of carbonyl (C=O) groups excluding carboxylic acids is 2. The minimum atomic E-state index is -0.304. The number of aliphatic hydroxyl groups excluding tert-OH is 1. The van der Waals surface area contributed by atoms with Gasteiger partial charge in [-0.25, -0.2) is 0 Å². The van der Waals surface area contributed by atoms with Crippen molar-refractivity contribution in [1.82, 2.24) is 10.2 Å². The van der Waals surface area contributed by atoms with Gasteiger partial charge in [0.05, 0.1) is 27.9 Å². The molecular weight excluding hydrogens is 435 g/mol. The average Bonchev–Trinajstić information content (AvgIpc) is 3.02. The number of aliphatic hydroxyl groups is 1. The van der Waals surface area contributed by atoms with Gasteiger partial charge in [-0.1, -0.05) is 60.1 Å². The Bertz CT molecular complexity index is 1050. The lowest BCUT2D eigenvalue weighted by atomic mass is 10.1. The van der Waals surface area contributed by atoms with Gasteiger partial charge in [-0.05, 0) is 43.0 Å². The van der Waals surface area contributed by atoms with Gasteiger partial charge in [-0.15, -0.1) is 0 Å². The van der Waals surface area contributed by atoms with Gasteiger partial charge in [-0.3, -0.25) is 9.59 Å². The van der Waals surface area contributed by atoms with Gasteiger partial charge in [0.1, 0.15) is 5.76 Å². The molecule has 1 aliphatic rings. The zero-order valence-corrected chi connectivity index (χ0v) is 18.8. The van der Waals surface area contributed by atoms with Gasteiger partial charge in [0.2, 0.25) is 0 Å². The molecule has 162 valence electrons. The first-order valence-corrected chi connectivity index (χ1v) is 10.7. The number of ketones is 1. The summed E-state index contributed by atoms with van der Waals surface area (Å²) in [4.78, 5) is 25.8. The van der Waals surface area contributed by atoms with E-state index in [0.29, 0.717) is 40.0 Å². The highest BCUT2D eigenvalue weighted by atomic mass is 35.5. The monoisotopic (exact) mass is 458 g/mol. The van der Waals surface area contributed by atoms with Gasteiger partial charge < -0.3 is 15.3 Å². The van der Waals surface area contributed by atoms with Crippen LogP contribution in [0.5, 0.6) is 0 Å². The van der Waals surface area contributed by atoms with E-state index in [9.17, 15) is 14.7 Å². The Balaban J connectivity index is 1.51. The predicted octanol–water partition coefficient (Wildman–Crippen LogP) is 5.09. The van der Waals surface area contributed by atoms with Crippen molar-refractivity contribution < 1.29 is 14.7 Å². The molecule has 0 aliphatic carbocycles. The molecular formula is C24H24Cl2N2O3. The average molecular weight is 459 g/mol. The number of hydrogen-bond donors (Lipinski definition) is 2. The van der Waals surface area contributed by atoms with Crippen LogP contribution in [-0.4, -0.2) is 34.8 Å². The second-order valence-electron chi connectivity index (χ2n) is 7.49. The normalized spacial score (nSPS) is 13.6. The van der Waals surface area contributed by atoms with Crippen molar-refractivity contribution in [1.29, 1.82) is 0 Å². The van der Waals surface area contributed by atoms with E-state index < -0.39 is 0 Å². The van der Waals surface area contributed by atoms with Gasteiger partial charge in [-0.2, -0.15) is 0 Å². The SMILES string of the molecule is C=C1C(O)=C(C(=O)NCCCc2ccc(Cl)c(Cl)c2)CN1Cc1ccc(C(C)=O)cc1. The first kappa shape index (κ1) is 22.9. The molecule has 2 aromatic carbocycles. The van der Waals surface area contributed by atoms with E-state index in [-0.39, 0.29) is 24.0 Å². The Labute approximate surface area is 192 Å². The Kier molecular flexibility index (Phi) is 7.42. The number of carbonyl (C=O) groups is 2. The Morgan fingerprint density at radius 1 is 1.10 bits per heavy atom. The number of benzene rings is 2. The molecule has 0 unspecified atom stereocenters. The van der Waals surface area contributed by atoms with Crippen LogP contribution in [0.15, 0.2) is 66.1 Å². The van der Waals surface area contributed by atoms with E-state index in [2.05, 4.69) is 11.9 Å². The van der Waals surface area contributed by atoms with Crippen LogP contribution < -0.4 is 5.32 Å².